The normalized spacial score (nSPS) is 16.9. The van der Waals surface area contributed by atoms with Gasteiger partial charge >= 0.3 is 0 Å². The van der Waals surface area contributed by atoms with E-state index in [1.807, 2.05) is 0 Å². The van der Waals surface area contributed by atoms with Crippen molar-refractivity contribution in [1.29, 1.82) is 0 Å². The fourth-order valence-corrected chi connectivity index (χ4v) is 3.11. The molecule has 3 nitrogen and oxygen atoms in total. The average Bonchev–Trinajstić information content (AvgIpc) is 2.78. The second-order valence-electron chi connectivity index (χ2n) is 6.16. The zero-order chi connectivity index (χ0) is 14.9. The van der Waals surface area contributed by atoms with Crippen molar-refractivity contribution in [2.75, 3.05) is 26.7 Å². The van der Waals surface area contributed by atoms with E-state index in [-0.39, 0.29) is 0 Å². The molecule has 1 aromatic carbocycles. The van der Waals surface area contributed by atoms with E-state index in [1.54, 1.807) is 0 Å². The zero-order valence-corrected chi connectivity index (χ0v) is 13.4. The Hall–Kier alpha value is -1.06. The number of nitrogens with two attached hydrogens (primary N) is 1. The molecule has 1 fully saturated rings. The van der Waals surface area contributed by atoms with Crippen LogP contribution in [-0.2, 0) is 6.42 Å². The maximum Gasteiger partial charge on any atom is 0.119 e. The van der Waals surface area contributed by atoms with E-state index in [4.69, 9.17) is 10.5 Å². The number of hydrogen-bond acceptors (Lipinski definition) is 3. The van der Waals surface area contributed by atoms with Crippen LogP contribution in [0.15, 0.2) is 24.3 Å². The molecule has 1 aliphatic carbocycles. The lowest BCUT2D eigenvalue weighted by Gasteiger charge is -2.26. The van der Waals surface area contributed by atoms with Crippen LogP contribution in [0.3, 0.4) is 0 Å². The van der Waals surface area contributed by atoms with Crippen molar-refractivity contribution in [3.05, 3.63) is 29.8 Å². The molecule has 2 N–H and O–H groups in total. The van der Waals surface area contributed by atoms with Gasteiger partial charge in [0.15, 0.2) is 0 Å². The van der Waals surface area contributed by atoms with E-state index in [0.717, 1.165) is 31.4 Å². The number of rotatable bonds is 7. The summed E-state index contributed by atoms with van der Waals surface area (Å²) in [6.45, 7) is 2.48. The molecule has 118 valence electrons. The van der Waals surface area contributed by atoms with Crippen molar-refractivity contribution in [1.82, 2.24) is 4.90 Å². The summed E-state index contributed by atoms with van der Waals surface area (Å²) in [4.78, 5) is 2.48. The largest absolute Gasteiger partial charge is 0.492 e. The number of ether oxygens (including phenoxy) is 1. The Morgan fingerprint density at radius 2 is 1.76 bits per heavy atom. The smallest absolute Gasteiger partial charge is 0.119 e. The maximum atomic E-state index is 5.86. The molecule has 0 bridgehead atoms. The van der Waals surface area contributed by atoms with Gasteiger partial charge in [0.05, 0.1) is 0 Å². The number of likely N-dealkylation sites (N-methyl/N-ethyl adjacent to an activating group) is 1. The summed E-state index contributed by atoms with van der Waals surface area (Å²) in [6, 6.07) is 9.07. The van der Waals surface area contributed by atoms with Gasteiger partial charge in [-0.3, -0.25) is 0 Å². The molecule has 0 heterocycles. The summed E-state index contributed by atoms with van der Waals surface area (Å²) < 4.78 is 5.86. The number of hydrogen-bond donors (Lipinski definition) is 1. The van der Waals surface area contributed by atoms with Gasteiger partial charge < -0.3 is 15.4 Å². The average molecular weight is 290 g/mol. The zero-order valence-electron chi connectivity index (χ0n) is 13.4. The molecule has 0 unspecified atom stereocenters. The van der Waals surface area contributed by atoms with Gasteiger partial charge in [-0.25, -0.2) is 0 Å². The highest BCUT2D eigenvalue weighted by atomic mass is 16.5. The molecule has 1 aliphatic rings. The Morgan fingerprint density at radius 1 is 1.10 bits per heavy atom. The van der Waals surface area contributed by atoms with Gasteiger partial charge in [-0.1, -0.05) is 37.8 Å². The fourth-order valence-electron chi connectivity index (χ4n) is 3.11. The van der Waals surface area contributed by atoms with Crippen molar-refractivity contribution < 1.29 is 4.74 Å². The summed E-state index contributed by atoms with van der Waals surface area (Å²) >= 11 is 0. The summed E-state index contributed by atoms with van der Waals surface area (Å²) in [5.74, 6) is 0.963. The molecule has 2 rings (SSSR count). The molecular formula is C18H30N2O. The second-order valence-corrected chi connectivity index (χ2v) is 6.16. The first-order valence-corrected chi connectivity index (χ1v) is 8.41. The van der Waals surface area contributed by atoms with Crippen molar-refractivity contribution in [2.45, 2.75) is 51.0 Å². The SMILES string of the molecule is CN(CCOc1ccc(CCN)cc1)C1CCCCCC1. The maximum absolute atomic E-state index is 5.86. The Labute approximate surface area is 129 Å². The highest BCUT2D eigenvalue weighted by Crippen LogP contribution is 2.21. The van der Waals surface area contributed by atoms with Gasteiger partial charge in [0.25, 0.3) is 0 Å². The summed E-state index contributed by atoms with van der Waals surface area (Å²) in [7, 11) is 2.24. The molecule has 0 spiro atoms. The molecule has 0 saturated heterocycles. The van der Waals surface area contributed by atoms with Crippen molar-refractivity contribution in [2.24, 2.45) is 5.73 Å². The lowest BCUT2D eigenvalue weighted by molar-refractivity contribution is 0.178. The molecule has 1 aromatic rings. The van der Waals surface area contributed by atoms with Crippen molar-refractivity contribution >= 4 is 0 Å². The summed E-state index contributed by atoms with van der Waals surface area (Å²) in [6.07, 6.45) is 9.24. The Balaban J connectivity index is 1.70. The van der Waals surface area contributed by atoms with Gasteiger partial charge in [-0.2, -0.15) is 0 Å². The van der Waals surface area contributed by atoms with E-state index >= 15 is 0 Å². The molecule has 0 atom stereocenters. The third-order valence-electron chi connectivity index (χ3n) is 4.52. The Kier molecular flexibility index (Phi) is 7.04. The quantitative estimate of drug-likeness (QED) is 0.784. The predicted octanol–water partition coefficient (Wildman–Crippen LogP) is 3.22. The van der Waals surface area contributed by atoms with E-state index < -0.39 is 0 Å². The molecule has 0 amide bonds. The summed E-state index contributed by atoms with van der Waals surface area (Å²) in [5, 5.41) is 0. The van der Waals surface area contributed by atoms with Crippen LogP contribution in [0, 0.1) is 0 Å². The van der Waals surface area contributed by atoms with Crippen molar-refractivity contribution in [3.8, 4) is 5.75 Å². The van der Waals surface area contributed by atoms with Crippen LogP contribution in [0.5, 0.6) is 5.75 Å². The molecule has 0 aromatic heterocycles. The lowest BCUT2D eigenvalue weighted by Crippen LogP contribution is -2.34. The molecule has 21 heavy (non-hydrogen) atoms. The number of nitrogens with zero attached hydrogens (tertiary/aromatic N) is 1. The topological polar surface area (TPSA) is 38.5 Å². The monoisotopic (exact) mass is 290 g/mol. The minimum absolute atomic E-state index is 0.701. The Bertz CT molecular complexity index is 383. The molecule has 0 aliphatic heterocycles. The van der Waals surface area contributed by atoms with Gasteiger partial charge in [-0.05, 0) is 50.6 Å². The van der Waals surface area contributed by atoms with Crippen LogP contribution in [0.4, 0.5) is 0 Å². The van der Waals surface area contributed by atoms with Gasteiger partial charge in [0.2, 0.25) is 0 Å². The van der Waals surface area contributed by atoms with Gasteiger partial charge in [-0.15, -0.1) is 0 Å². The first kappa shape index (κ1) is 16.3. The van der Waals surface area contributed by atoms with Gasteiger partial charge in [0.1, 0.15) is 12.4 Å². The van der Waals surface area contributed by atoms with E-state index in [2.05, 4.69) is 36.2 Å². The van der Waals surface area contributed by atoms with Crippen LogP contribution in [0.25, 0.3) is 0 Å². The first-order valence-electron chi connectivity index (χ1n) is 8.41. The minimum Gasteiger partial charge on any atom is -0.492 e. The predicted molar refractivity (Wildman–Crippen MR) is 88.8 cm³/mol. The minimum atomic E-state index is 0.701. The third kappa shape index (κ3) is 5.68. The Morgan fingerprint density at radius 3 is 2.38 bits per heavy atom. The van der Waals surface area contributed by atoms with E-state index in [9.17, 15) is 0 Å². The van der Waals surface area contributed by atoms with Crippen molar-refractivity contribution in [3.63, 3.8) is 0 Å². The molecule has 3 heteroatoms. The van der Waals surface area contributed by atoms with Crippen LogP contribution in [0.1, 0.15) is 44.1 Å². The molecule has 1 saturated carbocycles. The van der Waals surface area contributed by atoms with Gasteiger partial charge in [0, 0.05) is 12.6 Å². The van der Waals surface area contributed by atoms with E-state index in [1.165, 1.54) is 44.1 Å². The summed E-state index contributed by atoms with van der Waals surface area (Å²) in [5.41, 5.74) is 6.84. The van der Waals surface area contributed by atoms with Crippen LogP contribution >= 0.6 is 0 Å². The van der Waals surface area contributed by atoms with Crippen LogP contribution in [0.2, 0.25) is 0 Å². The van der Waals surface area contributed by atoms with E-state index in [0.29, 0.717) is 6.54 Å². The fraction of sp³-hybridized carbons (Fsp3) is 0.667. The second kappa shape index (κ2) is 9.06. The first-order chi connectivity index (χ1) is 10.3. The lowest BCUT2D eigenvalue weighted by atomic mass is 10.1. The standard InChI is InChI=1S/C18H30N2O/c1-20(17-6-4-2-3-5-7-17)14-15-21-18-10-8-16(9-11-18)12-13-19/h8-11,17H,2-7,12-15,19H2,1H3. The molecular weight excluding hydrogens is 260 g/mol. The number of benzene rings is 1. The van der Waals surface area contributed by atoms with Crippen LogP contribution in [-0.4, -0.2) is 37.7 Å². The molecule has 0 radical (unpaired) electrons. The highest BCUT2D eigenvalue weighted by Gasteiger charge is 2.16. The highest BCUT2D eigenvalue weighted by molar-refractivity contribution is 5.27. The van der Waals surface area contributed by atoms with Crippen LogP contribution < -0.4 is 10.5 Å². The third-order valence-corrected chi connectivity index (χ3v) is 4.52.